The Balaban J connectivity index is 2.16. The average Bonchev–Trinajstić information content (AvgIpc) is 2.55. The Hall–Kier alpha value is -1.84. The van der Waals surface area contributed by atoms with Crippen molar-refractivity contribution in [1.29, 1.82) is 0 Å². The van der Waals surface area contributed by atoms with Crippen molar-refractivity contribution in [2.45, 2.75) is 44.9 Å². The second-order valence-electron chi connectivity index (χ2n) is 5.58. The lowest BCUT2D eigenvalue weighted by Gasteiger charge is -2.35. The molecule has 2 rings (SSSR count). The van der Waals surface area contributed by atoms with Crippen LogP contribution < -0.4 is 0 Å². The quantitative estimate of drug-likeness (QED) is 0.456. The van der Waals surface area contributed by atoms with Crippen LogP contribution in [0.25, 0.3) is 0 Å². The Kier molecular flexibility index (Phi) is 5.78. The molecule has 3 atom stereocenters. The minimum atomic E-state index is -0.433. The largest absolute Gasteiger partial charge is 0.358 e. The van der Waals surface area contributed by atoms with Crippen molar-refractivity contribution in [2.24, 2.45) is 11.8 Å². The van der Waals surface area contributed by atoms with Crippen molar-refractivity contribution in [3.05, 3.63) is 35.9 Å². The van der Waals surface area contributed by atoms with Crippen molar-refractivity contribution in [2.75, 3.05) is 0 Å². The summed E-state index contributed by atoms with van der Waals surface area (Å²) in [4.78, 5) is 31.0. The molecule has 0 aromatic heterocycles. The smallest absolute Gasteiger partial charge is 0.251 e. The van der Waals surface area contributed by atoms with Crippen LogP contribution in [0.4, 0.5) is 0 Å². The third-order valence-corrected chi connectivity index (χ3v) is 4.48. The normalized spacial score (nSPS) is 23.1. The summed E-state index contributed by atoms with van der Waals surface area (Å²) in [5.74, 6) is -0.0459. The van der Waals surface area contributed by atoms with Crippen molar-refractivity contribution in [1.82, 2.24) is 0 Å². The number of hydrogen-bond acceptors (Lipinski definition) is 4. The zero-order chi connectivity index (χ0) is 15.1. The molecule has 1 fully saturated rings. The van der Waals surface area contributed by atoms with Crippen molar-refractivity contribution in [3.8, 4) is 0 Å². The van der Waals surface area contributed by atoms with E-state index in [4.69, 9.17) is 0 Å². The number of carbonyl (C=O) groups excluding carboxylic acids is 2. The van der Waals surface area contributed by atoms with Gasteiger partial charge in [-0.15, -0.1) is 0 Å². The molecule has 0 radical (unpaired) electrons. The molecular formula is C17H22O4. The molecule has 0 heterocycles. The van der Waals surface area contributed by atoms with Gasteiger partial charge in [-0.1, -0.05) is 50.1 Å². The fourth-order valence-corrected chi connectivity index (χ4v) is 3.53. The van der Waals surface area contributed by atoms with E-state index in [0.29, 0.717) is 12.3 Å². The van der Waals surface area contributed by atoms with Crippen LogP contribution >= 0.6 is 0 Å². The van der Waals surface area contributed by atoms with Gasteiger partial charge in [0.25, 0.3) is 0 Å². The van der Waals surface area contributed by atoms with Crippen LogP contribution in [-0.2, 0) is 19.4 Å². The summed E-state index contributed by atoms with van der Waals surface area (Å²) in [6.45, 7) is 2.11. The highest BCUT2D eigenvalue weighted by atomic mass is 17.2. The molecule has 0 bridgehead atoms. The number of rotatable bonds is 6. The van der Waals surface area contributed by atoms with E-state index >= 15 is 0 Å². The van der Waals surface area contributed by atoms with Gasteiger partial charge < -0.3 is 0 Å². The van der Waals surface area contributed by atoms with Gasteiger partial charge in [-0.2, -0.15) is 0 Å². The first-order valence-corrected chi connectivity index (χ1v) is 7.63. The topological polar surface area (TPSA) is 52.6 Å². The van der Waals surface area contributed by atoms with Crippen LogP contribution in [0.3, 0.4) is 0 Å². The Labute approximate surface area is 125 Å². The van der Waals surface area contributed by atoms with E-state index < -0.39 is 5.97 Å². The molecule has 1 aromatic carbocycles. The zero-order valence-electron chi connectivity index (χ0n) is 12.4. The first kappa shape index (κ1) is 15.5. The molecule has 1 saturated carbocycles. The monoisotopic (exact) mass is 290 g/mol. The maximum absolute atomic E-state index is 12.1. The molecule has 3 unspecified atom stereocenters. The average molecular weight is 290 g/mol. The lowest BCUT2D eigenvalue weighted by atomic mass is 9.69. The SMILES string of the molecule is CCC(C(=O)OOC=O)C1CCCCC1c1ccccc1. The minimum absolute atomic E-state index is 0.139. The highest BCUT2D eigenvalue weighted by Gasteiger charge is 2.37. The molecule has 0 N–H and O–H groups in total. The van der Waals surface area contributed by atoms with Crippen LogP contribution in [0.5, 0.6) is 0 Å². The molecule has 1 aliphatic rings. The number of hydrogen-bond donors (Lipinski definition) is 0. The Morgan fingerprint density at radius 3 is 2.67 bits per heavy atom. The molecule has 0 spiro atoms. The second kappa shape index (κ2) is 7.81. The number of benzene rings is 1. The molecule has 4 heteroatoms. The van der Waals surface area contributed by atoms with E-state index in [2.05, 4.69) is 21.9 Å². The lowest BCUT2D eigenvalue weighted by Crippen LogP contribution is -2.31. The lowest BCUT2D eigenvalue weighted by molar-refractivity contribution is -0.253. The van der Waals surface area contributed by atoms with E-state index in [-0.39, 0.29) is 18.3 Å². The number of carbonyl (C=O) groups is 2. The highest BCUT2D eigenvalue weighted by Crippen LogP contribution is 2.43. The zero-order valence-corrected chi connectivity index (χ0v) is 12.4. The molecule has 114 valence electrons. The van der Waals surface area contributed by atoms with E-state index in [1.54, 1.807) is 0 Å². The predicted molar refractivity (Wildman–Crippen MR) is 78.2 cm³/mol. The Bertz CT molecular complexity index is 457. The van der Waals surface area contributed by atoms with Crippen LogP contribution in [0.15, 0.2) is 30.3 Å². The standard InChI is InChI=1S/C17H22O4/c1-2-14(17(19)21-20-12-18)16-11-7-6-10-15(16)13-8-4-3-5-9-13/h3-5,8-9,12,14-16H,2,6-7,10-11H2,1H3. The summed E-state index contributed by atoms with van der Waals surface area (Å²) in [7, 11) is 0. The van der Waals surface area contributed by atoms with Crippen LogP contribution in [0, 0.1) is 11.8 Å². The Morgan fingerprint density at radius 2 is 2.00 bits per heavy atom. The maximum atomic E-state index is 12.1. The maximum Gasteiger partial charge on any atom is 0.358 e. The van der Waals surface area contributed by atoms with Gasteiger partial charge in [0.15, 0.2) is 0 Å². The van der Waals surface area contributed by atoms with Gasteiger partial charge in [0.05, 0.1) is 5.92 Å². The van der Waals surface area contributed by atoms with Crippen LogP contribution in [-0.4, -0.2) is 12.4 Å². The van der Waals surface area contributed by atoms with E-state index in [1.807, 2.05) is 25.1 Å². The summed E-state index contributed by atoms with van der Waals surface area (Å²) < 4.78 is 0. The molecule has 0 aliphatic heterocycles. The molecule has 0 amide bonds. The third-order valence-electron chi connectivity index (χ3n) is 4.48. The minimum Gasteiger partial charge on any atom is -0.251 e. The van der Waals surface area contributed by atoms with Crippen LogP contribution in [0.1, 0.15) is 50.5 Å². The van der Waals surface area contributed by atoms with Gasteiger partial charge in [0.2, 0.25) is 0 Å². The predicted octanol–water partition coefficient (Wildman–Crippen LogP) is 3.62. The highest BCUT2D eigenvalue weighted by molar-refractivity contribution is 5.72. The summed E-state index contributed by atoms with van der Waals surface area (Å²) in [6, 6.07) is 10.3. The van der Waals surface area contributed by atoms with Gasteiger partial charge in [-0.05, 0) is 36.7 Å². The molecular weight excluding hydrogens is 268 g/mol. The van der Waals surface area contributed by atoms with Gasteiger partial charge in [-0.25, -0.2) is 9.68 Å². The van der Waals surface area contributed by atoms with Gasteiger partial charge >= 0.3 is 12.4 Å². The molecule has 0 saturated heterocycles. The summed E-state index contributed by atoms with van der Waals surface area (Å²) in [5, 5.41) is 0. The fraction of sp³-hybridized carbons (Fsp3) is 0.529. The first-order valence-electron chi connectivity index (χ1n) is 7.63. The van der Waals surface area contributed by atoms with E-state index in [9.17, 15) is 9.59 Å². The first-order chi connectivity index (χ1) is 10.3. The van der Waals surface area contributed by atoms with Crippen molar-refractivity contribution in [3.63, 3.8) is 0 Å². The summed E-state index contributed by atoms with van der Waals surface area (Å²) in [6.07, 6.45) is 5.11. The van der Waals surface area contributed by atoms with Gasteiger partial charge in [-0.3, -0.25) is 9.68 Å². The molecule has 21 heavy (non-hydrogen) atoms. The van der Waals surface area contributed by atoms with Crippen molar-refractivity contribution < 1.29 is 19.4 Å². The summed E-state index contributed by atoms with van der Waals surface area (Å²) in [5.41, 5.74) is 1.28. The van der Waals surface area contributed by atoms with E-state index in [0.717, 1.165) is 19.3 Å². The second-order valence-corrected chi connectivity index (χ2v) is 5.58. The fourth-order valence-electron chi connectivity index (χ4n) is 3.53. The molecule has 4 nitrogen and oxygen atoms in total. The molecule has 1 aromatic rings. The summed E-state index contributed by atoms with van der Waals surface area (Å²) >= 11 is 0. The van der Waals surface area contributed by atoms with Gasteiger partial charge in [0, 0.05) is 0 Å². The molecule has 1 aliphatic carbocycles. The van der Waals surface area contributed by atoms with Crippen molar-refractivity contribution >= 4 is 12.4 Å². The third kappa shape index (κ3) is 3.84. The van der Waals surface area contributed by atoms with E-state index in [1.165, 1.54) is 12.0 Å². The van der Waals surface area contributed by atoms with Gasteiger partial charge in [0.1, 0.15) is 0 Å². The Morgan fingerprint density at radius 1 is 1.29 bits per heavy atom. The van der Waals surface area contributed by atoms with Crippen LogP contribution in [0.2, 0.25) is 0 Å².